The quantitative estimate of drug-likeness (QED) is 0.0606. The summed E-state index contributed by atoms with van der Waals surface area (Å²) in [5.41, 5.74) is 16.6. The number of carbonyl (C=O) groups is 12. The zero-order chi connectivity index (χ0) is 67.1. The van der Waals surface area contributed by atoms with Crippen LogP contribution in [0.3, 0.4) is 0 Å². The fraction of sp³-hybridized carbons (Fsp3) is 0.695. The number of aliphatic hydroxyl groups is 3. The predicted molar refractivity (Wildman–Crippen MR) is 324 cm³/mol. The molecule has 0 aliphatic carbocycles. The molecule has 1 aromatic rings. The number of rotatable bonds is 20. The lowest BCUT2D eigenvalue weighted by Crippen LogP contribution is -2.65. The van der Waals surface area contributed by atoms with E-state index in [-0.39, 0.29) is 56.6 Å². The van der Waals surface area contributed by atoms with E-state index in [2.05, 4.69) is 58.5 Å². The van der Waals surface area contributed by atoms with E-state index in [1.807, 2.05) is 20.8 Å². The number of aliphatic hydroxyl groups excluding tert-OH is 3. The number of hydrogen-bond donors (Lipinski definition) is 17. The lowest BCUT2D eigenvalue weighted by molar-refractivity contribution is -0.139. The molecule has 1 fully saturated rings. The minimum atomic E-state index is -2.04. The Morgan fingerprint density at radius 3 is 1.68 bits per heavy atom. The smallest absolute Gasteiger partial charge is 0.245 e. The monoisotopic (exact) mass is 1240 g/mol. The van der Waals surface area contributed by atoms with Crippen LogP contribution >= 0.6 is 0 Å². The summed E-state index contributed by atoms with van der Waals surface area (Å²) in [5.74, 6) is -14.5. The summed E-state index contributed by atoms with van der Waals surface area (Å²) in [6, 6.07) is -10.7. The van der Waals surface area contributed by atoms with Gasteiger partial charge in [-0.15, -0.1) is 0 Å². The van der Waals surface area contributed by atoms with Crippen LogP contribution in [0.5, 0.6) is 0 Å². The molecule has 496 valence electrons. The Morgan fingerprint density at radius 2 is 1.16 bits per heavy atom. The largest absolute Gasteiger partial charge is 0.394 e. The molecule has 0 bridgehead atoms. The van der Waals surface area contributed by atoms with Gasteiger partial charge in [0.2, 0.25) is 70.9 Å². The van der Waals surface area contributed by atoms with Crippen molar-refractivity contribution in [3.63, 3.8) is 0 Å². The maximum Gasteiger partial charge on any atom is 0.245 e. The second-order valence-corrected chi connectivity index (χ2v) is 25.8. The van der Waals surface area contributed by atoms with Crippen LogP contribution in [-0.4, -0.2) is 179 Å². The Morgan fingerprint density at radius 1 is 0.636 bits per heavy atom. The average Bonchev–Trinajstić information content (AvgIpc) is 2.31. The van der Waals surface area contributed by atoms with Crippen LogP contribution in [0.4, 0.5) is 0 Å². The Balaban J connectivity index is 3.10. The van der Waals surface area contributed by atoms with E-state index < -0.39 is 192 Å². The van der Waals surface area contributed by atoms with Gasteiger partial charge in [0.25, 0.3) is 0 Å². The number of carbonyl (C=O) groups excluding carboxylic acids is 12. The van der Waals surface area contributed by atoms with Crippen LogP contribution in [0.1, 0.15) is 147 Å². The normalized spacial score (nSPS) is 25.0. The predicted octanol–water partition coefficient (Wildman–Crippen LogP) is -3.37. The maximum atomic E-state index is 15.4. The highest BCUT2D eigenvalue weighted by Gasteiger charge is 2.43. The van der Waals surface area contributed by atoms with Gasteiger partial charge >= 0.3 is 0 Å². The van der Waals surface area contributed by atoms with Crippen LogP contribution in [0.15, 0.2) is 30.3 Å². The molecular weight excluding hydrogens is 1140 g/mol. The first-order chi connectivity index (χ1) is 40.8. The third-order valence-corrected chi connectivity index (χ3v) is 14.4. The Kier molecular flexibility index (Phi) is 31.1. The summed E-state index contributed by atoms with van der Waals surface area (Å²) in [5, 5.41) is 60.8. The van der Waals surface area contributed by atoms with Gasteiger partial charge < -0.3 is 91.0 Å². The molecule has 0 unspecified atom stereocenters. The van der Waals surface area contributed by atoms with Gasteiger partial charge in [0.1, 0.15) is 54.4 Å². The van der Waals surface area contributed by atoms with Crippen LogP contribution < -0.4 is 75.7 Å². The van der Waals surface area contributed by atoms with Crippen molar-refractivity contribution < 1.29 is 72.9 Å². The van der Waals surface area contributed by atoms with E-state index in [0.717, 1.165) is 6.92 Å². The standard InChI is InChI=1S/C59H100N14O15/c1-14-31(6)42-55(86)70-43(32(7)75)54(85)63-27-41(77)64-37(24-40(62)76)51(82)68-39(28-74)53(84)71-44(33-19-16-15-17-20-33)45(72-52(83)38(26-59(11,12)13)67-48(79)34(61)25-58(8,9)10)56(87)73-46(47(78)30(4)5)57(88)66-36(23-29(2)3)50(81)65-35(21-18-22-60)49(80)69-42/h15-17,19-20,29-32,34-39,42-47,74-75,78H,14,18,21-28,60-61H2,1-13H3,(H2,62,76)(H,63,85)(H,64,77)(H,65,81)(H,66,88)(H,67,79)(H,68,82)(H,69,80)(H,70,86)(H,71,84)(H,72,83)(H,73,87)/t31-,32-,34+,35+,36-,37-,38-,39-,42-,43-,44+,45-,46-,47+/m0/s1. The molecule has 0 spiro atoms. The highest BCUT2D eigenvalue weighted by molar-refractivity contribution is 6.00. The molecular formula is C59H100N14O15. The fourth-order valence-corrected chi connectivity index (χ4v) is 9.45. The molecule has 2 rings (SSSR count). The van der Waals surface area contributed by atoms with Gasteiger partial charge in [-0.3, -0.25) is 57.5 Å². The Labute approximate surface area is 515 Å². The van der Waals surface area contributed by atoms with Crippen LogP contribution in [0, 0.1) is 28.6 Å². The topological polar surface area (TPSA) is 476 Å². The van der Waals surface area contributed by atoms with Gasteiger partial charge in [-0.05, 0) is 79.7 Å². The zero-order valence-electron chi connectivity index (χ0n) is 53.2. The molecule has 1 aliphatic rings. The zero-order valence-corrected chi connectivity index (χ0v) is 53.2. The van der Waals surface area contributed by atoms with E-state index in [9.17, 15) is 68.1 Å². The molecule has 29 heteroatoms. The molecule has 1 heterocycles. The number of hydrogen-bond acceptors (Lipinski definition) is 17. The lowest BCUT2D eigenvalue weighted by atomic mass is 9.86. The van der Waals surface area contributed by atoms with E-state index in [1.165, 1.54) is 38.1 Å². The minimum Gasteiger partial charge on any atom is -0.394 e. The minimum absolute atomic E-state index is 0.0491. The van der Waals surface area contributed by atoms with Crippen molar-refractivity contribution in [2.45, 2.75) is 214 Å². The molecule has 20 N–H and O–H groups in total. The van der Waals surface area contributed by atoms with Crippen LogP contribution in [-0.2, 0) is 57.5 Å². The summed E-state index contributed by atoms with van der Waals surface area (Å²) >= 11 is 0. The molecule has 14 atom stereocenters. The van der Waals surface area contributed by atoms with Crippen molar-refractivity contribution >= 4 is 70.9 Å². The molecule has 1 saturated heterocycles. The summed E-state index contributed by atoms with van der Waals surface area (Å²) in [6.45, 7) is 19.8. The number of nitrogens with one attached hydrogen (secondary N) is 11. The molecule has 1 aliphatic heterocycles. The summed E-state index contributed by atoms with van der Waals surface area (Å²) in [4.78, 5) is 170. The maximum absolute atomic E-state index is 15.4. The third-order valence-electron chi connectivity index (χ3n) is 14.4. The molecule has 88 heavy (non-hydrogen) atoms. The number of nitrogens with two attached hydrogens (primary N) is 3. The Bertz CT molecular complexity index is 2560. The summed E-state index contributed by atoms with van der Waals surface area (Å²) < 4.78 is 0. The van der Waals surface area contributed by atoms with Gasteiger partial charge in [-0.25, -0.2) is 0 Å². The molecule has 0 saturated carbocycles. The Hall–Kier alpha value is -7.34. The van der Waals surface area contributed by atoms with Crippen molar-refractivity contribution in [3.05, 3.63) is 35.9 Å². The number of benzene rings is 1. The molecule has 12 amide bonds. The van der Waals surface area contributed by atoms with Crippen molar-refractivity contribution in [2.75, 3.05) is 19.7 Å². The van der Waals surface area contributed by atoms with Gasteiger partial charge in [-0.1, -0.05) is 120 Å². The van der Waals surface area contributed by atoms with Crippen molar-refractivity contribution in [3.8, 4) is 0 Å². The van der Waals surface area contributed by atoms with E-state index in [0.29, 0.717) is 0 Å². The number of amides is 12. The second-order valence-electron chi connectivity index (χ2n) is 25.8. The van der Waals surface area contributed by atoms with E-state index >= 15 is 4.79 Å². The van der Waals surface area contributed by atoms with Crippen molar-refractivity contribution in [1.82, 2.24) is 58.5 Å². The first-order valence-electron chi connectivity index (χ1n) is 29.9. The first kappa shape index (κ1) is 76.8. The highest BCUT2D eigenvalue weighted by Crippen LogP contribution is 2.25. The summed E-state index contributed by atoms with van der Waals surface area (Å²) in [7, 11) is 0. The van der Waals surface area contributed by atoms with E-state index in [1.54, 1.807) is 54.5 Å². The van der Waals surface area contributed by atoms with Gasteiger partial charge in [0.05, 0.1) is 43.9 Å². The first-order valence-corrected chi connectivity index (χ1v) is 29.9. The summed E-state index contributed by atoms with van der Waals surface area (Å²) in [6.07, 6.45) is -3.87. The molecule has 0 aromatic heterocycles. The molecule has 1 aromatic carbocycles. The van der Waals surface area contributed by atoms with Gasteiger partial charge in [0.15, 0.2) is 0 Å². The van der Waals surface area contributed by atoms with Crippen molar-refractivity contribution in [2.24, 2.45) is 45.8 Å². The van der Waals surface area contributed by atoms with Crippen LogP contribution in [0.25, 0.3) is 0 Å². The van der Waals surface area contributed by atoms with Crippen LogP contribution in [0.2, 0.25) is 0 Å². The van der Waals surface area contributed by atoms with Crippen molar-refractivity contribution in [1.29, 1.82) is 0 Å². The lowest BCUT2D eigenvalue weighted by Gasteiger charge is -2.35. The SMILES string of the molecule is CC[C@H](C)[C@@H]1NC(=O)[C@@H](CCCN)NC(=O)[C@H](CC(C)C)NC(=O)[C@H]([C@H](O)C(C)C)NC(=O)[C@@H](NC(=O)[C@H](CC(C)(C)C)NC(=O)[C@H](N)CC(C)(C)C)[C@@H](c2ccccc2)NC(=O)[C@H](CO)NC(=O)[C@H](CC(N)=O)NC(=O)CNC(=O)[C@H]([C@H](C)O)NC1=O. The highest BCUT2D eigenvalue weighted by atomic mass is 16.3. The van der Waals surface area contributed by atoms with Gasteiger partial charge in [-0.2, -0.15) is 0 Å². The fourth-order valence-electron chi connectivity index (χ4n) is 9.45. The number of primary amides is 1. The second kappa shape index (κ2) is 35.6. The average molecular weight is 1250 g/mol. The molecule has 29 nitrogen and oxygen atoms in total. The van der Waals surface area contributed by atoms with E-state index in [4.69, 9.17) is 17.2 Å². The van der Waals surface area contributed by atoms with Gasteiger partial charge in [0, 0.05) is 0 Å². The third kappa shape index (κ3) is 25.8. The molecule has 0 radical (unpaired) electrons.